The van der Waals surface area contributed by atoms with Crippen molar-refractivity contribution in [3.05, 3.63) is 68.8 Å². The molecule has 0 unspecified atom stereocenters. The van der Waals surface area contributed by atoms with Crippen LogP contribution in [0.4, 0.5) is 0 Å². The molecule has 0 atom stereocenters. The second-order valence-corrected chi connectivity index (χ2v) is 6.36. The smallest absolute Gasteiger partial charge is 0.336 e. The van der Waals surface area contributed by atoms with E-state index < -0.39 is 93.2 Å². The van der Waals surface area contributed by atoms with Crippen LogP contribution < -0.4 is 0 Å². The van der Waals surface area contributed by atoms with E-state index in [0.717, 1.165) is 24.3 Å². The SMILES string of the molecule is O=C(O)c1ccc(C(=O)O)c(C(=O)O)c1CCc1c(C(=O)O)ccc(C(=O)O)c1C(=O)O. The van der Waals surface area contributed by atoms with E-state index in [9.17, 15) is 59.4 Å². The zero-order valence-corrected chi connectivity index (χ0v) is 15.9. The summed E-state index contributed by atoms with van der Waals surface area (Å²) >= 11 is 0. The first-order valence-electron chi connectivity index (χ1n) is 8.59. The lowest BCUT2D eigenvalue weighted by Gasteiger charge is -2.16. The lowest BCUT2D eigenvalue weighted by molar-refractivity contribution is 0.0645. The average molecular weight is 446 g/mol. The van der Waals surface area contributed by atoms with Crippen LogP contribution in [0.15, 0.2) is 24.3 Å². The Morgan fingerprint density at radius 2 is 0.688 bits per heavy atom. The van der Waals surface area contributed by atoms with Gasteiger partial charge in [0.2, 0.25) is 0 Å². The molecule has 2 aromatic carbocycles. The summed E-state index contributed by atoms with van der Waals surface area (Å²) in [5.74, 6) is -10.1. The molecule has 0 aromatic heterocycles. The van der Waals surface area contributed by atoms with E-state index in [1.165, 1.54) is 0 Å². The Labute approximate surface area is 177 Å². The van der Waals surface area contributed by atoms with Crippen LogP contribution in [0.1, 0.15) is 73.3 Å². The summed E-state index contributed by atoms with van der Waals surface area (Å²) in [5.41, 5.74) is -5.33. The number of carboxylic acid groups (broad SMARTS) is 6. The van der Waals surface area contributed by atoms with Gasteiger partial charge in [-0.05, 0) is 48.2 Å². The first kappa shape index (κ1) is 23.5. The van der Waals surface area contributed by atoms with Crippen molar-refractivity contribution in [3.8, 4) is 0 Å². The van der Waals surface area contributed by atoms with Gasteiger partial charge in [-0.1, -0.05) is 0 Å². The van der Waals surface area contributed by atoms with Gasteiger partial charge in [-0.3, -0.25) is 0 Å². The van der Waals surface area contributed by atoms with Gasteiger partial charge >= 0.3 is 35.8 Å². The monoisotopic (exact) mass is 446 g/mol. The fraction of sp³-hybridized carbons (Fsp3) is 0.100. The van der Waals surface area contributed by atoms with Gasteiger partial charge in [0, 0.05) is 0 Å². The predicted octanol–water partition coefficient (Wildman–Crippen LogP) is 1.66. The van der Waals surface area contributed by atoms with E-state index in [2.05, 4.69) is 0 Å². The molecule has 2 aromatic rings. The highest BCUT2D eigenvalue weighted by Crippen LogP contribution is 2.26. The van der Waals surface area contributed by atoms with Gasteiger partial charge in [-0.15, -0.1) is 0 Å². The van der Waals surface area contributed by atoms with Crippen LogP contribution in [-0.4, -0.2) is 66.5 Å². The summed E-state index contributed by atoms with van der Waals surface area (Å²) in [6, 6.07) is 3.29. The van der Waals surface area contributed by atoms with E-state index in [4.69, 9.17) is 0 Å². The van der Waals surface area contributed by atoms with Crippen LogP contribution >= 0.6 is 0 Å². The van der Waals surface area contributed by atoms with Crippen LogP contribution in [0.2, 0.25) is 0 Å². The molecular weight excluding hydrogens is 432 g/mol. The lowest BCUT2D eigenvalue weighted by Crippen LogP contribution is -2.19. The van der Waals surface area contributed by atoms with Crippen molar-refractivity contribution in [1.29, 1.82) is 0 Å². The molecule has 0 fully saturated rings. The molecule has 0 aliphatic rings. The molecule has 0 spiro atoms. The highest BCUT2D eigenvalue weighted by molar-refractivity contribution is 6.07. The maximum Gasteiger partial charge on any atom is 0.336 e. The van der Waals surface area contributed by atoms with Crippen molar-refractivity contribution in [3.63, 3.8) is 0 Å². The quantitative estimate of drug-likeness (QED) is 0.323. The number of carbonyl (C=O) groups is 6. The third kappa shape index (κ3) is 4.38. The topological polar surface area (TPSA) is 224 Å². The molecule has 0 aliphatic heterocycles. The molecule has 12 nitrogen and oxygen atoms in total. The Morgan fingerprint density at radius 1 is 0.438 bits per heavy atom. The number of aromatic carboxylic acids is 6. The predicted molar refractivity (Wildman–Crippen MR) is 102 cm³/mol. The first-order valence-corrected chi connectivity index (χ1v) is 8.59. The molecule has 0 saturated carbocycles. The van der Waals surface area contributed by atoms with E-state index in [1.807, 2.05) is 0 Å². The summed E-state index contributed by atoms with van der Waals surface area (Å²) < 4.78 is 0. The van der Waals surface area contributed by atoms with Gasteiger partial charge in [-0.25, -0.2) is 28.8 Å². The van der Waals surface area contributed by atoms with Crippen molar-refractivity contribution in [2.75, 3.05) is 0 Å². The van der Waals surface area contributed by atoms with E-state index >= 15 is 0 Å². The van der Waals surface area contributed by atoms with E-state index in [1.54, 1.807) is 0 Å². The van der Waals surface area contributed by atoms with Gasteiger partial charge in [-0.2, -0.15) is 0 Å². The van der Waals surface area contributed by atoms with Crippen molar-refractivity contribution in [2.24, 2.45) is 0 Å². The Hall–Kier alpha value is -4.74. The van der Waals surface area contributed by atoms with Gasteiger partial charge in [0.05, 0.1) is 33.4 Å². The van der Waals surface area contributed by atoms with E-state index in [-0.39, 0.29) is 0 Å². The standard InChI is InChI=1S/C20H14O12/c21-15(22)9-3-5-11(17(25)26)13(19(29)30)7(9)1-2-8-10(16(23)24)4-6-12(18(27)28)14(8)20(31)32/h3-6H,1-2H2,(H,21,22)(H,23,24)(H,25,26)(H,27,28)(H,29,30)(H,31,32). The van der Waals surface area contributed by atoms with Gasteiger partial charge in [0.1, 0.15) is 0 Å². The first-order chi connectivity index (χ1) is 14.9. The van der Waals surface area contributed by atoms with Crippen molar-refractivity contribution < 1.29 is 59.4 Å². The molecule has 0 amide bonds. The number of carboxylic acids is 6. The Bertz CT molecular complexity index is 1100. The fourth-order valence-electron chi connectivity index (χ4n) is 3.31. The van der Waals surface area contributed by atoms with Crippen LogP contribution in [-0.2, 0) is 12.8 Å². The zero-order valence-electron chi connectivity index (χ0n) is 15.9. The summed E-state index contributed by atoms with van der Waals surface area (Å²) in [4.78, 5) is 69.4. The Balaban J connectivity index is 2.79. The molecule has 0 heterocycles. The van der Waals surface area contributed by atoms with Gasteiger partial charge in [0.25, 0.3) is 0 Å². The zero-order chi connectivity index (χ0) is 24.3. The molecule has 0 saturated heterocycles. The highest BCUT2D eigenvalue weighted by atomic mass is 16.4. The number of benzene rings is 2. The van der Waals surface area contributed by atoms with Crippen LogP contribution in [0.25, 0.3) is 0 Å². The summed E-state index contributed by atoms with van der Waals surface area (Å²) in [6.45, 7) is 0. The van der Waals surface area contributed by atoms with E-state index in [0.29, 0.717) is 0 Å². The summed E-state index contributed by atoms with van der Waals surface area (Å²) in [6.07, 6.45) is -1.21. The molecule has 2 rings (SSSR count). The molecule has 0 radical (unpaired) electrons. The van der Waals surface area contributed by atoms with Crippen LogP contribution in [0, 0.1) is 0 Å². The largest absolute Gasteiger partial charge is 0.478 e. The summed E-state index contributed by atoms with van der Waals surface area (Å²) in [7, 11) is 0. The maximum absolute atomic E-state index is 11.7. The Morgan fingerprint density at radius 3 is 0.906 bits per heavy atom. The minimum absolute atomic E-state index is 0.488. The second kappa shape index (κ2) is 8.95. The second-order valence-electron chi connectivity index (χ2n) is 6.36. The van der Waals surface area contributed by atoms with Crippen molar-refractivity contribution >= 4 is 35.8 Å². The number of rotatable bonds is 9. The van der Waals surface area contributed by atoms with Crippen LogP contribution in [0.3, 0.4) is 0 Å². The van der Waals surface area contributed by atoms with Gasteiger partial charge in [0.15, 0.2) is 0 Å². The van der Waals surface area contributed by atoms with Crippen LogP contribution in [0.5, 0.6) is 0 Å². The minimum Gasteiger partial charge on any atom is -0.478 e. The lowest BCUT2D eigenvalue weighted by atomic mass is 9.87. The maximum atomic E-state index is 11.7. The molecule has 0 aliphatic carbocycles. The normalized spacial score (nSPS) is 10.4. The minimum atomic E-state index is -1.77. The van der Waals surface area contributed by atoms with Crippen molar-refractivity contribution in [1.82, 2.24) is 0 Å². The number of hydrogen-bond donors (Lipinski definition) is 6. The highest BCUT2D eigenvalue weighted by Gasteiger charge is 2.28. The molecule has 0 bridgehead atoms. The Kier molecular flexibility index (Phi) is 6.59. The summed E-state index contributed by atoms with van der Waals surface area (Å²) in [5, 5.41) is 56.3. The number of hydrogen-bond acceptors (Lipinski definition) is 6. The molecule has 166 valence electrons. The fourth-order valence-corrected chi connectivity index (χ4v) is 3.31. The third-order valence-electron chi connectivity index (χ3n) is 4.60. The molecular formula is C20H14O12. The third-order valence-corrected chi connectivity index (χ3v) is 4.60. The molecule has 6 N–H and O–H groups in total. The van der Waals surface area contributed by atoms with Crippen molar-refractivity contribution in [2.45, 2.75) is 12.8 Å². The van der Waals surface area contributed by atoms with Gasteiger partial charge < -0.3 is 30.6 Å². The molecule has 12 heteroatoms. The molecule has 32 heavy (non-hydrogen) atoms. The average Bonchev–Trinajstić information content (AvgIpc) is 2.69.